The van der Waals surface area contributed by atoms with Crippen LogP contribution in [0.5, 0.6) is 0 Å². The number of rotatable bonds is 4. The normalized spacial score (nSPS) is 15.4. The van der Waals surface area contributed by atoms with Crippen LogP contribution in [0, 0.1) is 0 Å². The SMILES string of the molecule is C=C/C=C\C(C(C)=O)=C(/C)C(C)P. The van der Waals surface area contributed by atoms with Gasteiger partial charge in [-0.15, -0.1) is 9.24 Å². The Morgan fingerprint density at radius 2 is 2.00 bits per heavy atom. The molecule has 0 heterocycles. The van der Waals surface area contributed by atoms with Crippen molar-refractivity contribution in [3.05, 3.63) is 36.0 Å². The van der Waals surface area contributed by atoms with Gasteiger partial charge in [-0.1, -0.05) is 37.3 Å². The molecule has 0 aromatic heterocycles. The van der Waals surface area contributed by atoms with Crippen LogP contribution in [0.3, 0.4) is 0 Å². The maximum atomic E-state index is 11.2. The van der Waals surface area contributed by atoms with Crippen LogP contribution in [-0.2, 0) is 4.79 Å². The maximum absolute atomic E-state index is 11.2. The zero-order valence-electron chi connectivity index (χ0n) is 8.50. The summed E-state index contributed by atoms with van der Waals surface area (Å²) in [4.78, 5) is 11.2. The molecule has 0 saturated carbocycles. The average molecular weight is 196 g/mol. The molecule has 2 unspecified atom stereocenters. The van der Waals surface area contributed by atoms with E-state index < -0.39 is 0 Å². The van der Waals surface area contributed by atoms with E-state index in [0.29, 0.717) is 5.66 Å². The van der Waals surface area contributed by atoms with Gasteiger partial charge in [-0.25, -0.2) is 0 Å². The fourth-order valence-corrected chi connectivity index (χ4v) is 1.12. The molecule has 0 radical (unpaired) electrons. The van der Waals surface area contributed by atoms with Gasteiger partial charge >= 0.3 is 0 Å². The van der Waals surface area contributed by atoms with Gasteiger partial charge in [0.2, 0.25) is 0 Å². The smallest absolute Gasteiger partial charge is 0.159 e. The lowest BCUT2D eigenvalue weighted by molar-refractivity contribution is -0.113. The van der Waals surface area contributed by atoms with Gasteiger partial charge in [-0.05, 0) is 19.5 Å². The van der Waals surface area contributed by atoms with Gasteiger partial charge in [0.15, 0.2) is 5.78 Å². The lowest BCUT2D eigenvalue weighted by Crippen LogP contribution is -2.03. The summed E-state index contributed by atoms with van der Waals surface area (Å²) in [5.74, 6) is 0.102. The van der Waals surface area contributed by atoms with E-state index >= 15 is 0 Å². The van der Waals surface area contributed by atoms with Crippen molar-refractivity contribution >= 4 is 15.0 Å². The van der Waals surface area contributed by atoms with E-state index in [1.165, 1.54) is 0 Å². The van der Waals surface area contributed by atoms with Gasteiger partial charge in [0, 0.05) is 5.57 Å². The molecule has 0 aliphatic rings. The van der Waals surface area contributed by atoms with E-state index in [2.05, 4.69) is 15.8 Å². The molecule has 2 atom stereocenters. The second kappa shape index (κ2) is 5.88. The van der Waals surface area contributed by atoms with Crippen molar-refractivity contribution in [2.75, 3.05) is 0 Å². The number of ketones is 1. The summed E-state index contributed by atoms with van der Waals surface area (Å²) in [6.45, 7) is 9.17. The van der Waals surface area contributed by atoms with Gasteiger partial charge < -0.3 is 0 Å². The third-order valence-corrected chi connectivity index (χ3v) is 2.39. The molecule has 0 saturated heterocycles. The topological polar surface area (TPSA) is 17.1 Å². The maximum Gasteiger partial charge on any atom is 0.159 e. The Morgan fingerprint density at radius 3 is 2.31 bits per heavy atom. The quantitative estimate of drug-likeness (QED) is 0.384. The van der Waals surface area contributed by atoms with Crippen LogP contribution in [-0.4, -0.2) is 11.4 Å². The summed E-state index contributed by atoms with van der Waals surface area (Å²) < 4.78 is 0. The lowest BCUT2D eigenvalue weighted by atomic mass is 10.0. The average Bonchev–Trinajstić information content (AvgIpc) is 2.04. The first-order valence-corrected chi connectivity index (χ1v) is 4.93. The predicted molar refractivity (Wildman–Crippen MR) is 61.9 cm³/mol. The number of carbonyl (C=O) groups is 1. The van der Waals surface area contributed by atoms with E-state index in [0.717, 1.165) is 11.1 Å². The number of hydrogen-bond donors (Lipinski definition) is 0. The third kappa shape index (κ3) is 4.19. The number of hydrogen-bond acceptors (Lipinski definition) is 1. The van der Waals surface area contributed by atoms with Crippen LogP contribution in [0.4, 0.5) is 0 Å². The molecular weight excluding hydrogens is 179 g/mol. The summed E-state index contributed by atoms with van der Waals surface area (Å²) in [5, 5.41) is 0. The molecule has 2 heteroatoms. The van der Waals surface area contributed by atoms with E-state index in [4.69, 9.17) is 0 Å². The van der Waals surface area contributed by atoms with E-state index in [-0.39, 0.29) is 5.78 Å². The molecule has 0 aromatic carbocycles. The van der Waals surface area contributed by atoms with Gasteiger partial charge in [0.1, 0.15) is 0 Å². The van der Waals surface area contributed by atoms with Crippen LogP contribution < -0.4 is 0 Å². The van der Waals surface area contributed by atoms with Crippen LogP contribution in [0.25, 0.3) is 0 Å². The van der Waals surface area contributed by atoms with Crippen molar-refractivity contribution < 1.29 is 4.79 Å². The molecule has 72 valence electrons. The van der Waals surface area contributed by atoms with Gasteiger partial charge in [0.05, 0.1) is 0 Å². The van der Waals surface area contributed by atoms with Crippen molar-refractivity contribution in [2.24, 2.45) is 0 Å². The van der Waals surface area contributed by atoms with Crippen molar-refractivity contribution in [3.8, 4) is 0 Å². The minimum Gasteiger partial charge on any atom is -0.295 e. The summed E-state index contributed by atoms with van der Waals surface area (Å²) in [6, 6.07) is 0. The highest BCUT2D eigenvalue weighted by molar-refractivity contribution is 7.18. The van der Waals surface area contributed by atoms with E-state index in [9.17, 15) is 4.79 Å². The zero-order chi connectivity index (χ0) is 10.4. The minimum absolute atomic E-state index is 0.102. The van der Waals surface area contributed by atoms with Gasteiger partial charge in [-0.3, -0.25) is 4.79 Å². The zero-order valence-corrected chi connectivity index (χ0v) is 9.66. The molecule has 0 aliphatic heterocycles. The Bertz CT molecular complexity index is 259. The van der Waals surface area contributed by atoms with E-state index in [1.807, 2.05) is 19.9 Å². The Balaban J connectivity index is 4.99. The van der Waals surface area contributed by atoms with Crippen molar-refractivity contribution in [2.45, 2.75) is 26.4 Å². The molecule has 1 nitrogen and oxygen atoms in total. The fourth-order valence-electron chi connectivity index (χ4n) is 0.936. The molecule has 0 bridgehead atoms. The van der Waals surface area contributed by atoms with Crippen LogP contribution in [0.1, 0.15) is 20.8 Å². The molecule has 0 aliphatic carbocycles. The first-order valence-electron chi connectivity index (χ1n) is 4.27. The molecule has 13 heavy (non-hydrogen) atoms. The first-order chi connectivity index (χ1) is 6.00. The highest BCUT2D eigenvalue weighted by Crippen LogP contribution is 2.17. The van der Waals surface area contributed by atoms with Crippen molar-refractivity contribution in [3.63, 3.8) is 0 Å². The molecule has 0 aromatic rings. The summed E-state index contributed by atoms with van der Waals surface area (Å²) in [6.07, 6.45) is 5.27. The Labute approximate surface area is 82.8 Å². The third-order valence-electron chi connectivity index (χ3n) is 1.89. The molecular formula is C11H17OP. The monoisotopic (exact) mass is 196 g/mol. The Hall–Kier alpha value is -0.680. The summed E-state index contributed by atoms with van der Waals surface area (Å²) in [7, 11) is 2.68. The summed E-state index contributed by atoms with van der Waals surface area (Å²) >= 11 is 0. The second-order valence-corrected chi connectivity index (χ2v) is 4.04. The minimum atomic E-state index is 0.102. The molecule has 0 fully saturated rings. The number of Topliss-reactive ketones (excluding diaryl/α,β-unsaturated/α-hetero) is 1. The van der Waals surface area contributed by atoms with Gasteiger partial charge in [-0.2, -0.15) is 0 Å². The van der Waals surface area contributed by atoms with Crippen LogP contribution in [0.2, 0.25) is 0 Å². The van der Waals surface area contributed by atoms with Crippen LogP contribution >= 0.6 is 9.24 Å². The molecule has 0 rings (SSSR count). The fraction of sp³-hybridized carbons (Fsp3) is 0.364. The highest BCUT2D eigenvalue weighted by atomic mass is 31.0. The largest absolute Gasteiger partial charge is 0.295 e. The standard InChI is InChI=1S/C11H17OP/c1-5-6-7-11(9(3)12)8(2)10(4)13/h5-7,10H,1,13H2,2-4H3/b7-6-,11-8-. The number of carbonyl (C=O) groups excluding carboxylic acids is 1. The van der Waals surface area contributed by atoms with E-state index in [1.54, 1.807) is 19.1 Å². The molecule has 0 spiro atoms. The first kappa shape index (κ1) is 12.3. The van der Waals surface area contributed by atoms with Crippen LogP contribution in [0.15, 0.2) is 36.0 Å². The molecule has 0 amide bonds. The van der Waals surface area contributed by atoms with Gasteiger partial charge in [0.25, 0.3) is 0 Å². The molecule has 0 N–H and O–H groups in total. The highest BCUT2D eigenvalue weighted by Gasteiger charge is 2.07. The van der Waals surface area contributed by atoms with Crippen molar-refractivity contribution in [1.82, 2.24) is 0 Å². The Kier molecular flexibility index (Phi) is 5.57. The lowest BCUT2D eigenvalue weighted by Gasteiger charge is -2.08. The predicted octanol–water partition coefficient (Wildman–Crippen LogP) is 2.90. The van der Waals surface area contributed by atoms with Crippen molar-refractivity contribution in [1.29, 1.82) is 0 Å². The summed E-state index contributed by atoms with van der Waals surface area (Å²) in [5.41, 5.74) is 2.20. The second-order valence-electron chi connectivity index (χ2n) is 3.04. The number of allylic oxidation sites excluding steroid dienone is 5. The Morgan fingerprint density at radius 1 is 1.46 bits per heavy atom.